The molecule has 0 spiro atoms. The van der Waals surface area contributed by atoms with Crippen LogP contribution in [0.1, 0.15) is 12.8 Å². The number of nitrogens with one attached hydrogen (secondary N) is 2. The van der Waals surface area contributed by atoms with Gasteiger partial charge in [-0.25, -0.2) is 0 Å². The van der Waals surface area contributed by atoms with Crippen molar-refractivity contribution in [3.8, 4) is 0 Å². The molecule has 0 radical (unpaired) electrons. The zero-order valence-electron chi connectivity index (χ0n) is 6.51. The predicted octanol–water partition coefficient (Wildman–Crippen LogP) is -0.262. The Balaban J connectivity index is 1.79. The Labute approximate surface area is 66.3 Å². The molecule has 3 heteroatoms. The lowest BCUT2D eigenvalue weighted by atomic mass is 10.2. The number of nitrogens with zero attached hydrogens (tertiary/aromatic N) is 1. The maximum atomic E-state index is 4.66. The van der Waals surface area contributed by atoms with Crippen molar-refractivity contribution in [1.82, 2.24) is 10.6 Å². The highest BCUT2D eigenvalue weighted by Crippen LogP contribution is 2.32. The van der Waals surface area contributed by atoms with Gasteiger partial charge in [0.25, 0.3) is 0 Å². The fourth-order valence-corrected chi connectivity index (χ4v) is 1.93. The quantitative estimate of drug-likeness (QED) is 0.541. The number of fused-ring (bicyclic) bond motifs is 1. The second-order valence-corrected chi connectivity index (χ2v) is 3.77. The molecular weight excluding hydrogens is 138 g/mol. The van der Waals surface area contributed by atoms with Crippen molar-refractivity contribution in [2.24, 2.45) is 10.9 Å². The lowest BCUT2D eigenvalue weighted by Crippen LogP contribution is -2.35. The van der Waals surface area contributed by atoms with Crippen LogP contribution in [0.3, 0.4) is 0 Å². The molecule has 0 aromatic rings. The summed E-state index contributed by atoms with van der Waals surface area (Å²) in [5, 5.41) is 6.84. The van der Waals surface area contributed by atoms with Gasteiger partial charge in [-0.05, 0) is 12.8 Å². The highest BCUT2D eigenvalue weighted by atomic mass is 15.2. The van der Waals surface area contributed by atoms with E-state index in [2.05, 4.69) is 15.6 Å². The molecule has 0 aromatic carbocycles. The SMILES string of the molecule is C1CC1C1=NC2CNCC2N1. The fraction of sp³-hybridized carbons (Fsp3) is 0.875. The minimum Gasteiger partial charge on any atom is -0.367 e. The number of amidine groups is 1. The average Bonchev–Trinajstić information content (AvgIpc) is 2.60. The molecule has 2 unspecified atom stereocenters. The Bertz CT molecular complexity index is 207. The summed E-state index contributed by atoms with van der Waals surface area (Å²) < 4.78 is 0. The zero-order chi connectivity index (χ0) is 7.26. The van der Waals surface area contributed by atoms with Crippen molar-refractivity contribution in [2.75, 3.05) is 13.1 Å². The van der Waals surface area contributed by atoms with E-state index in [0.717, 1.165) is 19.0 Å². The predicted molar refractivity (Wildman–Crippen MR) is 43.7 cm³/mol. The van der Waals surface area contributed by atoms with Crippen LogP contribution >= 0.6 is 0 Å². The summed E-state index contributed by atoms with van der Waals surface area (Å²) in [4.78, 5) is 4.66. The van der Waals surface area contributed by atoms with E-state index in [1.54, 1.807) is 0 Å². The van der Waals surface area contributed by atoms with E-state index >= 15 is 0 Å². The van der Waals surface area contributed by atoms with Gasteiger partial charge < -0.3 is 10.6 Å². The number of hydrogen-bond acceptors (Lipinski definition) is 3. The third kappa shape index (κ3) is 0.872. The summed E-state index contributed by atoms with van der Waals surface area (Å²) >= 11 is 0. The molecule has 0 aromatic heterocycles. The normalized spacial score (nSPS) is 41.6. The van der Waals surface area contributed by atoms with Gasteiger partial charge >= 0.3 is 0 Å². The fourth-order valence-electron chi connectivity index (χ4n) is 1.93. The number of aliphatic imine (C=N–C) groups is 1. The standard InChI is InChI=1S/C8H13N3/c1-2-5(1)8-10-6-3-9-4-7(6)11-8/h5-7,9H,1-4H2,(H,10,11). The van der Waals surface area contributed by atoms with Gasteiger partial charge in [0.05, 0.1) is 12.1 Å². The maximum absolute atomic E-state index is 4.66. The molecule has 1 aliphatic carbocycles. The van der Waals surface area contributed by atoms with Crippen molar-refractivity contribution < 1.29 is 0 Å². The molecule has 11 heavy (non-hydrogen) atoms. The van der Waals surface area contributed by atoms with Gasteiger partial charge in [-0.2, -0.15) is 0 Å². The smallest absolute Gasteiger partial charge is 0.100 e. The Morgan fingerprint density at radius 3 is 2.91 bits per heavy atom. The number of rotatable bonds is 1. The molecule has 60 valence electrons. The molecule has 0 amide bonds. The van der Waals surface area contributed by atoms with Crippen molar-refractivity contribution in [3.63, 3.8) is 0 Å². The van der Waals surface area contributed by atoms with Gasteiger partial charge in [-0.3, -0.25) is 4.99 Å². The third-order valence-corrected chi connectivity index (χ3v) is 2.78. The first-order valence-electron chi connectivity index (χ1n) is 4.48. The van der Waals surface area contributed by atoms with Crippen LogP contribution in [0.5, 0.6) is 0 Å². The van der Waals surface area contributed by atoms with E-state index in [1.807, 2.05) is 0 Å². The van der Waals surface area contributed by atoms with Crippen LogP contribution < -0.4 is 10.6 Å². The van der Waals surface area contributed by atoms with Crippen molar-refractivity contribution >= 4 is 5.84 Å². The van der Waals surface area contributed by atoms with E-state index < -0.39 is 0 Å². The first kappa shape index (κ1) is 6.00. The van der Waals surface area contributed by atoms with E-state index in [-0.39, 0.29) is 0 Å². The van der Waals surface area contributed by atoms with Crippen LogP contribution in [0, 0.1) is 5.92 Å². The maximum Gasteiger partial charge on any atom is 0.100 e. The summed E-state index contributed by atoms with van der Waals surface area (Å²) in [5.41, 5.74) is 0. The molecule has 3 rings (SSSR count). The summed E-state index contributed by atoms with van der Waals surface area (Å²) in [6.45, 7) is 2.18. The van der Waals surface area contributed by atoms with Crippen LogP contribution in [0.4, 0.5) is 0 Å². The van der Waals surface area contributed by atoms with Crippen molar-refractivity contribution in [3.05, 3.63) is 0 Å². The Morgan fingerprint density at radius 1 is 1.27 bits per heavy atom. The first-order chi connectivity index (χ1) is 5.43. The van der Waals surface area contributed by atoms with Crippen LogP contribution in [-0.2, 0) is 0 Å². The minimum atomic E-state index is 0.547. The molecule has 1 saturated heterocycles. The molecule has 2 N–H and O–H groups in total. The van der Waals surface area contributed by atoms with Gasteiger partial charge in [-0.1, -0.05) is 0 Å². The van der Waals surface area contributed by atoms with Crippen LogP contribution in [0.15, 0.2) is 4.99 Å². The van der Waals surface area contributed by atoms with Gasteiger partial charge in [0.1, 0.15) is 5.84 Å². The monoisotopic (exact) mass is 151 g/mol. The van der Waals surface area contributed by atoms with Crippen LogP contribution in [0.25, 0.3) is 0 Å². The zero-order valence-corrected chi connectivity index (χ0v) is 6.51. The topological polar surface area (TPSA) is 36.4 Å². The molecular formula is C8H13N3. The molecule has 0 bridgehead atoms. The lowest BCUT2D eigenvalue weighted by molar-refractivity contribution is 0.635. The Hall–Kier alpha value is -0.570. The first-order valence-corrected chi connectivity index (χ1v) is 4.48. The lowest BCUT2D eigenvalue weighted by Gasteiger charge is -2.06. The second-order valence-electron chi connectivity index (χ2n) is 3.77. The highest BCUT2D eigenvalue weighted by Gasteiger charge is 2.38. The molecule has 1 saturated carbocycles. The van der Waals surface area contributed by atoms with Crippen molar-refractivity contribution in [1.29, 1.82) is 0 Å². The highest BCUT2D eigenvalue weighted by molar-refractivity contribution is 5.88. The molecule has 2 aliphatic heterocycles. The van der Waals surface area contributed by atoms with E-state index in [0.29, 0.717) is 12.1 Å². The summed E-state index contributed by atoms with van der Waals surface area (Å²) in [6, 6.07) is 1.16. The Morgan fingerprint density at radius 2 is 2.18 bits per heavy atom. The Kier molecular flexibility index (Phi) is 1.08. The summed E-state index contributed by atoms with van der Waals surface area (Å²) in [5.74, 6) is 2.11. The summed E-state index contributed by atoms with van der Waals surface area (Å²) in [6.07, 6.45) is 2.72. The van der Waals surface area contributed by atoms with Crippen LogP contribution in [0.2, 0.25) is 0 Å². The molecule has 2 heterocycles. The molecule has 3 nitrogen and oxygen atoms in total. The number of hydrogen-bond donors (Lipinski definition) is 2. The average molecular weight is 151 g/mol. The van der Waals surface area contributed by atoms with Crippen LogP contribution in [-0.4, -0.2) is 31.0 Å². The molecule has 2 fully saturated rings. The van der Waals surface area contributed by atoms with Gasteiger partial charge in [0.15, 0.2) is 0 Å². The van der Waals surface area contributed by atoms with E-state index in [9.17, 15) is 0 Å². The van der Waals surface area contributed by atoms with Gasteiger partial charge in [0, 0.05) is 19.0 Å². The minimum absolute atomic E-state index is 0.547. The second kappa shape index (κ2) is 1.97. The van der Waals surface area contributed by atoms with E-state index in [1.165, 1.54) is 18.7 Å². The third-order valence-electron chi connectivity index (χ3n) is 2.78. The molecule has 2 atom stereocenters. The molecule has 3 aliphatic rings. The van der Waals surface area contributed by atoms with Crippen molar-refractivity contribution in [2.45, 2.75) is 24.9 Å². The largest absolute Gasteiger partial charge is 0.367 e. The summed E-state index contributed by atoms with van der Waals surface area (Å²) in [7, 11) is 0. The van der Waals surface area contributed by atoms with Gasteiger partial charge in [-0.15, -0.1) is 0 Å². The van der Waals surface area contributed by atoms with E-state index in [4.69, 9.17) is 0 Å². The van der Waals surface area contributed by atoms with Gasteiger partial charge in [0.2, 0.25) is 0 Å².